The molecule has 0 amide bonds. The van der Waals surface area contributed by atoms with Gasteiger partial charge in [-0.1, -0.05) is 0 Å². The van der Waals surface area contributed by atoms with E-state index in [2.05, 4.69) is 0 Å². The summed E-state index contributed by atoms with van der Waals surface area (Å²) < 4.78 is 56.0. The maximum Gasteiger partial charge on any atom is 0.187 e. The van der Waals surface area contributed by atoms with Crippen LogP contribution in [0.4, 0.5) is 0 Å². The Balaban J connectivity index is 1.38. The van der Waals surface area contributed by atoms with Crippen molar-refractivity contribution in [3.63, 3.8) is 0 Å². The monoisotopic (exact) mass is 885 g/mol. The van der Waals surface area contributed by atoms with E-state index < -0.39 is 180 Å². The largest absolute Gasteiger partial charge is 0.394 e. The summed E-state index contributed by atoms with van der Waals surface area (Å²) in [6.45, 7) is -1.27. The number of hydrogen-bond acceptors (Lipinski definition) is 26. The van der Waals surface area contributed by atoms with E-state index in [4.69, 9.17) is 53.1 Å². The lowest BCUT2D eigenvalue weighted by atomic mass is 9.96. The van der Waals surface area contributed by atoms with E-state index in [0.717, 1.165) is 0 Å². The number of rotatable bonds is 21. The second-order valence-corrected chi connectivity index (χ2v) is 14.9. The topological polar surface area (TPSA) is 422 Å². The highest BCUT2D eigenvalue weighted by molar-refractivity contribution is 4.96. The standard InChI is InChI=1S/C34H63NO25/c1-11(41)30(58-27-16(9-39)57-34(26(50)22(27)46)60-28-15(8-38)55-31(24(48)20(28)44)51-5-3-4-35)53-13(6-36)12(2)52-32-25(49)21(45)29(17(10-40)56-32)59-33-23(47)19(43)18(42)14(7-37)54-33/h11-34,36-50H,3-10,35H2,1-2H3/t11-,12+,13?,14?,15?,16?,17?,18?,19?,20?,21?,22?,23?,24?,25?,26?,27?,28?,29?,30?,31?,32?,33?,34?/m0/s1. The molecule has 0 radical (unpaired) electrons. The Morgan fingerprint density at radius 1 is 0.517 bits per heavy atom. The molecule has 4 aliphatic rings. The van der Waals surface area contributed by atoms with Crippen LogP contribution in [-0.2, 0) is 47.4 Å². The minimum atomic E-state index is -1.99. The third-order valence-electron chi connectivity index (χ3n) is 10.6. The van der Waals surface area contributed by atoms with Crippen LogP contribution in [0.2, 0.25) is 0 Å². The fraction of sp³-hybridized carbons (Fsp3) is 1.00. The van der Waals surface area contributed by atoms with Crippen molar-refractivity contribution < 1.29 is 124 Å². The Morgan fingerprint density at radius 3 is 1.45 bits per heavy atom. The van der Waals surface area contributed by atoms with Crippen molar-refractivity contribution in [1.29, 1.82) is 0 Å². The van der Waals surface area contributed by atoms with Crippen molar-refractivity contribution in [1.82, 2.24) is 0 Å². The fourth-order valence-corrected chi connectivity index (χ4v) is 6.98. The smallest absolute Gasteiger partial charge is 0.187 e. The van der Waals surface area contributed by atoms with Gasteiger partial charge in [-0.05, 0) is 26.8 Å². The zero-order valence-corrected chi connectivity index (χ0v) is 32.9. The SMILES string of the molecule is C[C@H](O)C(OC1C(CO)OC(OC2C(CO)OC(OCCCN)C(O)C2O)C(O)C1O)OC(CO)[C@@H](C)OC1OC(CO)C(OC2OC(CO)C(O)C(O)C2O)C(O)C1O. The number of aliphatic hydroxyl groups excluding tert-OH is 15. The molecule has 0 bridgehead atoms. The Bertz CT molecular complexity index is 1220. The lowest BCUT2D eigenvalue weighted by Crippen LogP contribution is -2.65. The highest BCUT2D eigenvalue weighted by Crippen LogP contribution is 2.33. The van der Waals surface area contributed by atoms with Crippen molar-refractivity contribution in [3.05, 3.63) is 0 Å². The molecule has 26 heteroatoms. The molecule has 26 nitrogen and oxygen atoms in total. The van der Waals surface area contributed by atoms with Crippen LogP contribution in [0.25, 0.3) is 0 Å². The minimum Gasteiger partial charge on any atom is -0.394 e. The van der Waals surface area contributed by atoms with Crippen molar-refractivity contribution in [2.24, 2.45) is 5.73 Å². The molecule has 4 fully saturated rings. The van der Waals surface area contributed by atoms with Crippen LogP contribution in [0.3, 0.4) is 0 Å². The lowest BCUT2D eigenvalue weighted by Gasteiger charge is -2.47. The van der Waals surface area contributed by atoms with Gasteiger partial charge in [-0.2, -0.15) is 0 Å². The van der Waals surface area contributed by atoms with Gasteiger partial charge in [0.2, 0.25) is 0 Å². The maximum atomic E-state index is 11.1. The van der Waals surface area contributed by atoms with E-state index in [9.17, 15) is 76.6 Å². The highest BCUT2D eigenvalue weighted by atomic mass is 16.8. The molecule has 60 heavy (non-hydrogen) atoms. The van der Waals surface area contributed by atoms with E-state index in [1.54, 1.807) is 0 Å². The average Bonchev–Trinajstić information content (AvgIpc) is 3.23. The van der Waals surface area contributed by atoms with Gasteiger partial charge >= 0.3 is 0 Å². The van der Waals surface area contributed by atoms with Crippen LogP contribution in [0.1, 0.15) is 20.3 Å². The van der Waals surface area contributed by atoms with Gasteiger partial charge in [0.05, 0.1) is 45.7 Å². The van der Waals surface area contributed by atoms with E-state index >= 15 is 0 Å². The molecule has 0 aliphatic carbocycles. The van der Waals surface area contributed by atoms with E-state index in [1.807, 2.05) is 0 Å². The van der Waals surface area contributed by atoms with Gasteiger partial charge < -0.3 is 130 Å². The van der Waals surface area contributed by atoms with Gasteiger partial charge in [0.1, 0.15) is 110 Å². The summed E-state index contributed by atoms with van der Waals surface area (Å²) >= 11 is 0. The predicted molar refractivity (Wildman–Crippen MR) is 189 cm³/mol. The fourth-order valence-electron chi connectivity index (χ4n) is 6.98. The van der Waals surface area contributed by atoms with Crippen LogP contribution in [0.5, 0.6) is 0 Å². The third-order valence-corrected chi connectivity index (χ3v) is 10.6. The number of nitrogens with two attached hydrogens (primary N) is 1. The van der Waals surface area contributed by atoms with Crippen LogP contribution >= 0.6 is 0 Å². The molecular weight excluding hydrogens is 822 g/mol. The maximum absolute atomic E-state index is 11.1. The lowest BCUT2D eigenvalue weighted by molar-refractivity contribution is -0.375. The first kappa shape index (κ1) is 51.6. The summed E-state index contributed by atoms with van der Waals surface area (Å²) in [5.41, 5.74) is 5.45. The highest BCUT2D eigenvalue weighted by Gasteiger charge is 2.54. The zero-order chi connectivity index (χ0) is 44.6. The van der Waals surface area contributed by atoms with Crippen molar-refractivity contribution in [2.75, 3.05) is 46.2 Å². The van der Waals surface area contributed by atoms with Gasteiger partial charge in [0.25, 0.3) is 0 Å². The second kappa shape index (κ2) is 23.8. The van der Waals surface area contributed by atoms with Gasteiger partial charge in [-0.15, -0.1) is 0 Å². The molecule has 4 aliphatic heterocycles. The Hall–Kier alpha value is -1.04. The molecule has 22 unspecified atom stereocenters. The Kier molecular flexibility index (Phi) is 20.4. The first-order valence-corrected chi connectivity index (χ1v) is 19.5. The van der Waals surface area contributed by atoms with Crippen molar-refractivity contribution >= 4 is 0 Å². The third kappa shape index (κ3) is 12.0. The van der Waals surface area contributed by atoms with Gasteiger partial charge in [0, 0.05) is 0 Å². The summed E-state index contributed by atoms with van der Waals surface area (Å²) in [4.78, 5) is 0. The van der Waals surface area contributed by atoms with E-state index in [1.165, 1.54) is 13.8 Å². The Labute approximate surface area is 343 Å². The number of hydrogen-bond donors (Lipinski definition) is 16. The number of aliphatic hydroxyl groups is 15. The summed E-state index contributed by atoms with van der Waals surface area (Å²) in [7, 11) is 0. The van der Waals surface area contributed by atoms with E-state index in [-0.39, 0.29) is 13.2 Å². The molecule has 24 atom stereocenters. The molecule has 0 aromatic heterocycles. The van der Waals surface area contributed by atoms with E-state index in [0.29, 0.717) is 6.42 Å². The molecule has 354 valence electrons. The molecule has 4 saturated heterocycles. The normalized spacial score (nSPS) is 44.9. The van der Waals surface area contributed by atoms with Crippen LogP contribution in [0.15, 0.2) is 0 Å². The number of ether oxygens (including phenoxy) is 10. The summed E-state index contributed by atoms with van der Waals surface area (Å²) in [5, 5.41) is 156. The molecule has 17 N–H and O–H groups in total. The molecule has 0 saturated carbocycles. The molecule has 0 aromatic rings. The Morgan fingerprint density at radius 2 is 0.950 bits per heavy atom. The summed E-state index contributed by atoms with van der Waals surface area (Å²) in [6.07, 6.45) is -39.6. The summed E-state index contributed by atoms with van der Waals surface area (Å²) in [5.74, 6) is 0. The summed E-state index contributed by atoms with van der Waals surface area (Å²) in [6, 6.07) is 0. The van der Waals surface area contributed by atoms with Crippen LogP contribution in [0, 0.1) is 0 Å². The van der Waals surface area contributed by atoms with Crippen molar-refractivity contribution in [3.8, 4) is 0 Å². The predicted octanol–water partition coefficient (Wildman–Crippen LogP) is -9.89. The molecule has 4 rings (SSSR count). The zero-order valence-electron chi connectivity index (χ0n) is 32.9. The van der Waals surface area contributed by atoms with Crippen LogP contribution in [-0.4, -0.2) is 270 Å². The molecule has 0 aromatic carbocycles. The van der Waals surface area contributed by atoms with Gasteiger partial charge in [-0.25, -0.2) is 0 Å². The molecule has 4 heterocycles. The molecular formula is C34H63NO25. The van der Waals surface area contributed by atoms with Crippen LogP contribution < -0.4 is 5.73 Å². The van der Waals surface area contributed by atoms with Gasteiger partial charge in [-0.3, -0.25) is 0 Å². The van der Waals surface area contributed by atoms with Gasteiger partial charge in [0.15, 0.2) is 31.5 Å². The van der Waals surface area contributed by atoms with Crippen molar-refractivity contribution in [2.45, 2.75) is 168 Å². The second-order valence-electron chi connectivity index (χ2n) is 14.9. The minimum absolute atomic E-state index is 0.0654. The quantitative estimate of drug-likeness (QED) is 0.0376. The first-order chi connectivity index (χ1) is 28.5. The average molecular weight is 886 g/mol. The molecule has 0 spiro atoms. The first-order valence-electron chi connectivity index (χ1n) is 19.5.